The smallest absolute Gasteiger partial charge is 0.147 e. The van der Waals surface area contributed by atoms with Crippen LogP contribution in [0.2, 0.25) is 0 Å². The van der Waals surface area contributed by atoms with Gasteiger partial charge < -0.3 is 10.5 Å². The molecule has 2 heterocycles. The van der Waals surface area contributed by atoms with Gasteiger partial charge in [0, 0.05) is 11.1 Å². The molecule has 2 aromatic heterocycles. The fraction of sp³-hybridized carbons (Fsp3) is 0.0909. The number of nitrogens with two attached hydrogens (primary N) is 1. The molecule has 2 aromatic carbocycles. The Morgan fingerprint density at radius 2 is 1.79 bits per heavy atom. The van der Waals surface area contributed by atoms with E-state index in [1.165, 1.54) is 5.56 Å². The topological polar surface area (TPSA) is 60.5 Å². The molecule has 6 heteroatoms. The summed E-state index contributed by atoms with van der Waals surface area (Å²) in [5, 5.41) is 3.79. The van der Waals surface area contributed by atoms with Crippen LogP contribution in [0, 0.1) is 6.92 Å². The summed E-state index contributed by atoms with van der Waals surface area (Å²) >= 11 is 3.20. The number of ether oxygens (including phenoxy) is 1. The molecule has 0 radical (unpaired) electrons. The molecule has 0 aliphatic carbocycles. The molecule has 0 saturated heterocycles. The van der Waals surface area contributed by atoms with Gasteiger partial charge in [0.2, 0.25) is 0 Å². The number of aromatic nitrogens is 1. The molecule has 4 rings (SSSR count). The molecular formula is C22H19N3OS2. The number of nitrogens with zero attached hydrogens (tertiary/aromatic N) is 2. The molecule has 0 atom stereocenters. The van der Waals surface area contributed by atoms with Crippen LogP contribution in [0.1, 0.15) is 11.1 Å². The zero-order valence-electron chi connectivity index (χ0n) is 15.5. The third-order valence-electron chi connectivity index (χ3n) is 4.27. The Hall–Kier alpha value is -2.96. The predicted molar refractivity (Wildman–Crippen MR) is 119 cm³/mol. The van der Waals surface area contributed by atoms with E-state index in [-0.39, 0.29) is 0 Å². The van der Waals surface area contributed by atoms with Crippen molar-refractivity contribution in [2.45, 2.75) is 6.92 Å². The van der Waals surface area contributed by atoms with Crippen molar-refractivity contribution in [2.75, 3.05) is 7.11 Å². The number of methoxy groups -OCH3 is 1. The standard InChI is InChI=1S/C22H19N3OS2/c1-14-5-7-16(8-6-14)21-24-19(18-4-3-13-27-18)22(28-21)25-20(23)15-9-11-17(26-2)12-10-15/h3-13H,1-2H3,(H2,23,25). The summed E-state index contributed by atoms with van der Waals surface area (Å²) in [6.45, 7) is 2.08. The molecule has 0 fully saturated rings. The second kappa shape index (κ2) is 7.96. The monoisotopic (exact) mass is 405 g/mol. The lowest BCUT2D eigenvalue weighted by Crippen LogP contribution is -2.12. The van der Waals surface area contributed by atoms with Crippen LogP contribution in [0.15, 0.2) is 71.0 Å². The van der Waals surface area contributed by atoms with Gasteiger partial charge in [-0.2, -0.15) is 0 Å². The van der Waals surface area contributed by atoms with Gasteiger partial charge in [-0.1, -0.05) is 47.2 Å². The molecule has 4 aromatic rings. The van der Waals surface area contributed by atoms with Gasteiger partial charge in [0.05, 0.1) is 12.0 Å². The molecule has 4 nitrogen and oxygen atoms in total. The maximum absolute atomic E-state index is 6.30. The lowest BCUT2D eigenvalue weighted by Gasteiger charge is -2.03. The van der Waals surface area contributed by atoms with Gasteiger partial charge in [-0.25, -0.2) is 9.98 Å². The summed E-state index contributed by atoms with van der Waals surface area (Å²) in [5.74, 6) is 1.25. The first-order valence-electron chi connectivity index (χ1n) is 8.74. The number of aryl methyl sites for hydroxylation is 1. The zero-order chi connectivity index (χ0) is 19.5. The number of thiophene rings is 1. The van der Waals surface area contributed by atoms with Gasteiger partial charge in [-0.15, -0.1) is 11.3 Å². The van der Waals surface area contributed by atoms with Crippen LogP contribution in [0.25, 0.3) is 21.1 Å². The van der Waals surface area contributed by atoms with Gasteiger partial charge in [0.15, 0.2) is 0 Å². The molecule has 0 spiro atoms. The van der Waals surface area contributed by atoms with Crippen LogP contribution in [0.5, 0.6) is 5.75 Å². The number of benzene rings is 2. The van der Waals surface area contributed by atoms with Crippen molar-refractivity contribution >= 4 is 33.5 Å². The maximum Gasteiger partial charge on any atom is 0.147 e. The fourth-order valence-electron chi connectivity index (χ4n) is 2.72. The summed E-state index contributed by atoms with van der Waals surface area (Å²) in [6, 6.07) is 20.0. The summed E-state index contributed by atoms with van der Waals surface area (Å²) < 4.78 is 5.21. The molecule has 28 heavy (non-hydrogen) atoms. The van der Waals surface area contributed by atoms with Crippen LogP contribution in [0.4, 0.5) is 5.00 Å². The molecule has 0 aliphatic rings. The van der Waals surface area contributed by atoms with E-state index >= 15 is 0 Å². The number of amidine groups is 1. The van der Waals surface area contributed by atoms with Crippen LogP contribution in [-0.2, 0) is 0 Å². The number of hydrogen-bond acceptors (Lipinski definition) is 5. The van der Waals surface area contributed by atoms with Crippen molar-refractivity contribution in [2.24, 2.45) is 10.7 Å². The quantitative estimate of drug-likeness (QED) is 0.332. The van der Waals surface area contributed by atoms with Gasteiger partial charge in [-0.05, 0) is 42.6 Å². The normalized spacial score (nSPS) is 11.6. The Bertz CT molecular complexity index is 1100. The average molecular weight is 406 g/mol. The minimum absolute atomic E-state index is 0.458. The molecule has 0 aliphatic heterocycles. The van der Waals surface area contributed by atoms with E-state index in [0.717, 1.165) is 37.5 Å². The Morgan fingerprint density at radius 1 is 1.04 bits per heavy atom. The maximum atomic E-state index is 6.30. The summed E-state index contributed by atoms with van der Waals surface area (Å²) in [4.78, 5) is 10.7. The molecular weight excluding hydrogens is 386 g/mol. The van der Waals surface area contributed by atoms with E-state index in [1.54, 1.807) is 29.8 Å². The third kappa shape index (κ3) is 3.83. The van der Waals surface area contributed by atoms with E-state index in [0.29, 0.717) is 5.84 Å². The summed E-state index contributed by atoms with van der Waals surface area (Å²) in [5.41, 5.74) is 10.3. The van der Waals surface area contributed by atoms with Crippen LogP contribution in [0.3, 0.4) is 0 Å². The van der Waals surface area contributed by atoms with E-state index in [2.05, 4.69) is 37.3 Å². The highest BCUT2D eigenvalue weighted by atomic mass is 32.1. The highest BCUT2D eigenvalue weighted by Crippen LogP contribution is 2.41. The van der Waals surface area contributed by atoms with E-state index in [9.17, 15) is 0 Å². The minimum Gasteiger partial charge on any atom is -0.497 e. The summed E-state index contributed by atoms with van der Waals surface area (Å²) in [7, 11) is 1.64. The first-order chi connectivity index (χ1) is 13.6. The van der Waals surface area contributed by atoms with Crippen LogP contribution >= 0.6 is 22.7 Å². The number of aliphatic imine (C=N–C) groups is 1. The lowest BCUT2D eigenvalue weighted by atomic mass is 10.2. The average Bonchev–Trinajstić information content (AvgIpc) is 3.38. The third-order valence-corrected chi connectivity index (χ3v) is 6.15. The fourth-order valence-corrected chi connectivity index (χ4v) is 4.47. The van der Waals surface area contributed by atoms with Crippen LogP contribution < -0.4 is 10.5 Å². The minimum atomic E-state index is 0.458. The predicted octanol–water partition coefficient (Wildman–Crippen LogP) is 5.89. The number of rotatable bonds is 5. The highest BCUT2D eigenvalue weighted by Gasteiger charge is 2.16. The molecule has 0 bridgehead atoms. The number of thiazole rings is 1. The Labute approximate surface area is 172 Å². The van der Waals surface area contributed by atoms with E-state index < -0.39 is 0 Å². The first kappa shape index (κ1) is 18.4. The Kier molecular flexibility index (Phi) is 5.23. The Balaban J connectivity index is 1.77. The molecule has 0 saturated carbocycles. The van der Waals surface area contributed by atoms with Crippen LogP contribution in [-0.4, -0.2) is 17.9 Å². The van der Waals surface area contributed by atoms with Crippen molar-refractivity contribution in [3.8, 4) is 26.9 Å². The molecule has 140 valence electrons. The summed E-state index contributed by atoms with van der Waals surface area (Å²) in [6.07, 6.45) is 0. The molecule has 0 unspecified atom stereocenters. The van der Waals surface area contributed by atoms with Crippen molar-refractivity contribution in [1.29, 1.82) is 0 Å². The van der Waals surface area contributed by atoms with Gasteiger partial charge in [0.25, 0.3) is 0 Å². The van der Waals surface area contributed by atoms with Crippen molar-refractivity contribution in [3.63, 3.8) is 0 Å². The second-order valence-corrected chi connectivity index (χ2v) is 8.17. The van der Waals surface area contributed by atoms with Crippen molar-refractivity contribution in [3.05, 3.63) is 77.2 Å². The highest BCUT2D eigenvalue weighted by molar-refractivity contribution is 7.20. The number of hydrogen-bond donors (Lipinski definition) is 1. The van der Waals surface area contributed by atoms with Crippen molar-refractivity contribution in [1.82, 2.24) is 4.98 Å². The van der Waals surface area contributed by atoms with Gasteiger partial charge in [-0.3, -0.25) is 0 Å². The van der Waals surface area contributed by atoms with Gasteiger partial charge in [0.1, 0.15) is 27.3 Å². The zero-order valence-corrected chi connectivity index (χ0v) is 17.2. The second-order valence-electron chi connectivity index (χ2n) is 6.24. The SMILES string of the molecule is COc1ccc(/C(N)=N/c2sc(-c3ccc(C)cc3)nc2-c2cccs2)cc1. The largest absolute Gasteiger partial charge is 0.497 e. The Morgan fingerprint density at radius 3 is 2.43 bits per heavy atom. The molecule has 2 N–H and O–H groups in total. The molecule has 0 amide bonds. The van der Waals surface area contributed by atoms with E-state index in [4.69, 9.17) is 20.4 Å². The lowest BCUT2D eigenvalue weighted by molar-refractivity contribution is 0.415. The van der Waals surface area contributed by atoms with Gasteiger partial charge >= 0.3 is 0 Å². The van der Waals surface area contributed by atoms with E-state index in [1.807, 2.05) is 35.7 Å². The van der Waals surface area contributed by atoms with Crippen molar-refractivity contribution < 1.29 is 4.74 Å². The first-order valence-corrected chi connectivity index (χ1v) is 10.4.